The van der Waals surface area contributed by atoms with Crippen molar-refractivity contribution in [2.45, 2.75) is 76.0 Å². The number of aliphatic hydroxyl groups excluding tert-OH is 1. The Morgan fingerprint density at radius 3 is 2.45 bits per heavy atom. The predicted octanol–water partition coefficient (Wildman–Crippen LogP) is 3.76. The molecule has 1 amide bonds. The van der Waals surface area contributed by atoms with Gasteiger partial charge < -0.3 is 15.2 Å². The topological polar surface area (TPSA) is 93.5 Å². The van der Waals surface area contributed by atoms with E-state index in [-0.39, 0.29) is 16.6 Å². The van der Waals surface area contributed by atoms with Crippen molar-refractivity contribution >= 4 is 11.7 Å². The van der Waals surface area contributed by atoms with Gasteiger partial charge in [-0.15, -0.1) is 0 Å². The second-order valence-corrected chi connectivity index (χ2v) is 10.2. The average Bonchev–Trinajstić information content (AvgIpc) is 3.05. The van der Waals surface area contributed by atoms with Gasteiger partial charge in [-0.25, -0.2) is 13.6 Å². The van der Waals surface area contributed by atoms with Crippen LogP contribution in [-0.2, 0) is 15.6 Å². The molecule has 2 unspecified atom stereocenters. The molecule has 178 valence electrons. The van der Waals surface area contributed by atoms with E-state index in [1.165, 1.54) is 11.6 Å². The van der Waals surface area contributed by atoms with Gasteiger partial charge in [-0.1, -0.05) is 33.8 Å². The van der Waals surface area contributed by atoms with Crippen molar-refractivity contribution in [3.05, 3.63) is 57.6 Å². The number of fused-ring (bicyclic) bond motifs is 1. The maximum atomic E-state index is 14.2. The largest absolute Gasteiger partial charge is 0.394 e. The summed E-state index contributed by atoms with van der Waals surface area (Å²) in [5.74, 6) is -3.81. The fourth-order valence-electron chi connectivity index (χ4n) is 4.69. The molecule has 1 aliphatic carbocycles. The predicted molar refractivity (Wildman–Crippen MR) is 119 cm³/mol. The minimum Gasteiger partial charge on any atom is -0.394 e. The van der Waals surface area contributed by atoms with Crippen LogP contribution in [0.3, 0.4) is 0 Å². The van der Waals surface area contributed by atoms with Gasteiger partial charge in [0.25, 0.3) is 11.8 Å². The third-order valence-corrected chi connectivity index (χ3v) is 6.83. The summed E-state index contributed by atoms with van der Waals surface area (Å²) >= 11 is 0. The summed E-state index contributed by atoms with van der Waals surface area (Å²) in [6, 6.07) is 6.89. The number of aliphatic hydroxyl groups is 1. The minimum absolute atomic E-state index is 0.0192. The van der Waals surface area contributed by atoms with Crippen LogP contribution >= 0.6 is 0 Å². The van der Waals surface area contributed by atoms with E-state index in [0.29, 0.717) is 10.1 Å². The van der Waals surface area contributed by atoms with Gasteiger partial charge >= 0.3 is 5.69 Å². The van der Waals surface area contributed by atoms with Crippen molar-refractivity contribution in [1.29, 1.82) is 0 Å². The van der Waals surface area contributed by atoms with Gasteiger partial charge in [0.2, 0.25) is 6.23 Å². The lowest BCUT2D eigenvalue weighted by Crippen LogP contribution is -2.35. The normalized spacial score (nSPS) is 24.8. The van der Waals surface area contributed by atoms with Gasteiger partial charge in [0.1, 0.15) is 5.82 Å². The Balaban J connectivity index is 1.57. The summed E-state index contributed by atoms with van der Waals surface area (Å²) in [5, 5.41) is 11.7. The number of hydrogen-bond acceptors (Lipinski definition) is 5. The second-order valence-electron chi connectivity index (χ2n) is 10.2. The number of aromatic nitrogens is 2. The highest BCUT2D eigenvalue weighted by atomic mass is 19.3. The number of nitrogens with zero attached hydrogens (tertiary/aromatic N) is 2. The van der Waals surface area contributed by atoms with Crippen molar-refractivity contribution in [3.8, 4) is 0 Å². The van der Waals surface area contributed by atoms with Crippen LogP contribution in [0.15, 0.2) is 35.3 Å². The molecule has 1 aromatic carbocycles. The third-order valence-electron chi connectivity index (χ3n) is 6.83. The number of amides is 1. The van der Waals surface area contributed by atoms with Gasteiger partial charge in [0.15, 0.2) is 0 Å². The molecule has 0 radical (unpaired) electrons. The lowest BCUT2D eigenvalue weighted by atomic mass is 9.63. The average molecular weight is 462 g/mol. The molecule has 7 nitrogen and oxygen atoms in total. The lowest BCUT2D eigenvalue weighted by molar-refractivity contribution is -0.120. The number of halogens is 2. The summed E-state index contributed by atoms with van der Waals surface area (Å²) in [5.41, 5.74) is 1.74. The zero-order valence-electron chi connectivity index (χ0n) is 19.2. The molecule has 1 aliphatic heterocycles. The van der Waals surface area contributed by atoms with Crippen LogP contribution in [0.5, 0.6) is 0 Å². The highest BCUT2D eigenvalue weighted by Gasteiger charge is 2.51. The molecule has 1 fully saturated rings. The van der Waals surface area contributed by atoms with Crippen LogP contribution < -0.4 is 11.0 Å². The fourth-order valence-corrected chi connectivity index (χ4v) is 4.69. The SMILES string of the molecule is CC1(C)CCC(C)(C)c2cc(C(=O)Nc3ccn(C4OC(CO)CC4(F)F)c(=O)n3)ccc21. The number of carbonyl (C=O) groups excluding carboxylic acids is 1. The Morgan fingerprint density at radius 2 is 1.85 bits per heavy atom. The number of nitrogens with one attached hydrogen (secondary N) is 1. The number of ether oxygens (including phenoxy) is 1. The number of hydrogen-bond donors (Lipinski definition) is 2. The van der Waals surface area contributed by atoms with Crippen LogP contribution in [-0.4, -0.2) is 39.2 Å². The van der Waals surface area contributed by atoms with E-state index < -0.39 is 42.9 Å². The first-order valence-electron chi connectivity index (χ1n) is 11.0. The molecule has 2 heterocycles. The second kappa shape index (κ2) is 7.99. The summed E-state index contributed by atoms with van der Waals surface area (Å²) in [7, 11) is 0. The lowest BCUT2D eigenvalue weighted by Gasteiger charge is -2.42. The number of rotatable bonds is 4. The standard InChI is InChI=1S/C24H29F2N3O4/c1-22(2)8-9-23(3,4)17-11-14(5-6-16(17)22)19(31)27-18-7-10-29(21(32)28-18)20-24(25,26)12-15(13-30)33-20/h5-7,10-11,15,20,30H,8-9,12-13H2,1-4H3,(H,27,28,31,32). The molecule has 9 heteroatoms. The number of anilines is 1. The van der Waals surface area contributed by atoms with E-state index in [9.17, 15) is 18.4 Å². The van der Waals surface area contributed by atoms with Crippen LogP contribution in [0.2, 0.25) is 0 Å². The van der Waals surface area contributed by atoms with E-state index in [2.05, 4.69) is 38.0 Å². The first-order valence-corrected chi connectivity index (χ1v) is 11.0. The monoisotopic (exact) mass is 461 g/mol. The van der Waals surface area contributed by atoms with Crippen LogP contribution in [0, 0.1) is 0 Å². The molecule has 0 spiro atoms. The van der Waals surface area contributed by atoms with Crippen molar-refractivity contribution in [1.82, 2.24) is 9.55 Å². The molecule has 0 saturated carbocycles. The van der Waals surface area contributed by atoms with Gasteiger partial charge in [-0.05, 0) is 53.0 Å². The quantitative estimate of drug-likeness (QED) is 0.723. The Bertz CT molecular complexity index is 1140. The molecule has 2 atom stereocenters. The van der Waals surface area contributed by atoms with Gasteiger partial charge in [-0.3, -0.25) is 9.36 Å². The third kappa shape index (κ3) is 4.31. The molecule has 2 aliphatic rings. The smallest absolute Gasteiger partial charge is 0.351 e. The molecule has 0 bridgehead atoms. The zero-order valence-corrected chi connectivity index (χ0v) is 19.2. The first-order chi connectivity index (χ1) is 15.3. The minimum atomic E-state index is -3.33. The van der Waals surface area contributed by atoms with Crippen LogP contribution in [0.4, 0.5) is 14.6 Å². The van der Waals surface area contributed by atoms with E-state index >= 15 is 0 Å². The van der Waals surface area contributed by atoms with Crippen molar-refractivity contribution in [3.63, 3.8) is 0 Å². The summed E-state index contributed by atoms with van der Waals surface area (Å²) in [6.45, 7) is 8.13. The first kappa shape index (κ1) is 23.5. The van der Waals surface area contributed by atoms with E-state index in [1.807, 2.05) is 12.1 Å². The maximum Gasteiger partial charge on any atom is 0.351 e. The fraction of sp³-hybridized carbons (Fsp3) is 0.542. The van der Waals surface area contributed by atoms with Crippen LogP contribution in [0.25, 0.3) is 0 Å². The maximum absolute atomic E-state index is 14.2. The Labute approximate surface area is 190 Å². The highest BCUT2D eigenvalue weighted by molar-refractivity contribution is 6.04. The van der Waals surface area contributed by atoms with Crippen LogP contribution in [0.1, 0.15) is 74.7 Å². The van der Waals surface area contributed by atoms with Gasteiger partial charge in [0.05, 0.1) is 12.7 Å². The molecule has 33 heavy (non-hydrogen) atoms. The molecular formula is C24H29F2N3O4. The Hall–Kier alpha value is -2.65. The van der Waals surface area contributed by atoms with E-state index in [1.54, 1.807) is 6.07 Å². The molecule has 1 saturated heterocycles. The summed E-state index contributed by atoms with van der Waals surface area (Å²) in [4.78, 5) is 29.0. The van der Waals surface area contributed by atoms with E-state index in [4.69, 9.17) is 9.84 Å². The Kier molecular flexibility index (Phi) is 5.69. The molecule has 1 aromatic heterocycles. The summed E-state index contributed by atoms with van der Waals surface area (Å²) < 4.78 is 34.2. The molecule has 2 N–H and O–H groups in total. The highest BCUT2D eigenvalue weighted by Crippen LogP contribution is 2.46. The molecule has 2 aromatic rings. The zero-order chi connectivity index (χ0) is 24.2. The number of carbonyl (C=O) groups is 1. The number of alkyl halides is 2. The Morgan fingerprint density at radius 1 is 1.18 bits per heavy atom. The van der Waals surface area contributed by atoms with Gasteiger partial charge in [-0.2, -0.15) is 4.98 Å². The molecular weight excluding hydrogens is 432 g/mol. The van der Waals surface area contributed by atoms with Crippen molar-refractivity contribution < 1.29 is 23.4 Å². The summed E-state index contributed by atoms with van der Waals surface area (Å²) in [6.07, 6.45) is -0.434. The van der Waals surface area contributed by atoms with Crippen molar-refractivity contribution in [2.24, 2.45) is 0 Å². The van der Waals surface area contributed by atoms with Crippen molar-refractivity contribution in [2.75, 3.05) is 11.9 Å². The molecule has 4 rings (SSSR count). The van der Waals surface area contributed by atoms with Gasteiger partial charge in [0, 0.05) is 18.2 Å². The van der Waals surface area contributed by atoms with E-state index in [0.717, 1.165) is 24.6 Å². The number of benzene rings is 1.